The number of phosphoric acid groups is 1. The van der Waals surface area contributed by atoms with Gasteiger partial charge < -0.3 is 19.3 Å². The van der Waals surface area contributed by atoms with Crippen LogP contribution in [0.4, 0.5) is 0 Å². The van der Waals surface area contributed by atoms with Crippen molar-refractivity contribution < 1.29 is 37.9 Å². The predicted molar refractivity (Wildman–Crippen MR) is 106 cm³/mol. The topological polar surface area (TPSA) is 119 Å². The van der Waals surface area contributed by atoms with Crippen molar-refractivity contribution in [2.45, 2.75) is 97.0 Å². The molecule has 9 heteroatoms. The summed E-state index contributed by atoms with van der Waals surface area (Å²) in [5.74, 6) is -0.918. The minimum Gasteiger partial charge on any atom is -0.462 e. The van der Waals surface area contributed by atoms with Gasteiger partial charge in [0.2, 0.25) is 0 Å². The van der Waals surface area contributed by atoms with Crippen molar-refractivity contribution in [2.24, 2.45) is 0 Å². The van der Waals surface area contributed by atoms with Crippen LogP contribution >= 0.6 is 7.82 Å². The molecule has 0 saturated carbocycles. The minimum absolute atomic E-state index is 0.212. The van der Waals surface area contributed by atoms with Gasteiger partial charge in [0, 0.05) is 12.8 Å². The van der Waals surface area contributed by atoms with Gasteiger partial charge in [-0.15, -0.1) is 0 Å². The highest BCUT2D eigenvalue weighted by atomic mass is 31.2. The van der Waals surface area contributed by atoms with E-state index < -0.39 is 32.5 Å². The van der Waals surface area contributed by atoms with Gasteiger partial charge in [-0.25, -0.2) is 4.57 Å². The lowest BCUT2D eigenvalue weighted by atomic mass is 10.1. The largest absolute Gasteiger partial charge is 0.469 e. The Morgan fingerprint density at radius 3 is 1.86 bits per heavy atom. The molecule has 166 valence electrons. The Morgan fingerprint density at radius 1 is 0.786 bits per heavy atom. The molecule has 8 nitrogen and oxygen atoms in total. The lowest BCUT2D eigenvalue weighted by molar-refractivity contribution is -0.161. The number of esters is 2. The molecule has 0 heterocycles. The van der Waals surface area contributed by atoms with E-state index in [1.807, 2.05) is 0 Å². The fourth-order valence-electron chi connectivity index (χ4n) is 2.55. The highest BCUT2D eigenvalue weighted by Crippen LogP contribution is 2.35. The Kier molecular flexibility index (Phi) is 16.4. The maximum atomic E-state index is 11.9. The molecule has 0 radical (unpaired) electrons. The van der Waals surface area contributed by atoms with Gasteiger partial charge in [-0.2, -0.15) is 0 Å². The summed E-state index contributed by atoms with van der Waals surface area (Å²) in [7, 11) is -4.70. The maximum Gasteiger partial charge on any atom is 0.469 e. The molecule has 0 spiro atoms. The summed E-state index contributed by atoms with van der Waals surface area (Å²) < 4.78 is 25.5. The number of hydrogen-bond donors (Lipinski definition) is 2. The fourth-order valence-corrected chi connectivity index (χ4v) is 2.91. The standard InChI is InChI=1S/C19H37O8P/c1-3-5-7-9-10-12-14-19(21)27-17(16-26-28(22,23)24)15-25-18(20)13-11-8-6-4-2/h17H,3-16H2,1-2H3,(H2,22,23,24)/t17-/m0/s1. The second-order valence-electron chi connectivity index (χ2n) is 6.91. The molecule has 0 aliphatic carbocycles. The second kappa shape index (κ2) is 17.0. The predicted octanol–water partition coefficient (Wildman–Crippen LogP) is 4.27. The summed E-state index contributed by atoms with van der Waals surface area (Å²) in [6, 6.07) is 0. The quantitative estimate of drug-likeness (QED) is 0.190. The van der Waals surface area contributed by atoms with Crippen LogP contribution in [0.3, 0.4) is 0 Å². The van der Waals surface area contributed by atoms with Crippen molar-refractivity contribution in [3.05, 3.63) is 0 Å². The van der Waals surface area contributed by atoms with Gasteiger partial charge in [-0.3, -0.25) is 14.1 Å². The highest BCUT2D eigenvalue weighted by molar-refractivity contribution is 7.46. The maximum absolute atomic E-state index is 11.9. The van der Waals surface area contributed by atoms with Gasteiger partial charge in [-0.1, -0.05) is 65.2 Å². The molecule has 0 fully saturated rings. The van der Waals surface area contributed by atoms with E-state index >= 15 is 0 Å². The Morgan fingerprint density at radius 2 is 1.29 bits per heavy atom. The van der Waals surface area contributed by atoms with E-state index in [9.17, 15) is 14.2 Å². The molecule has 0 saturated heterocycles. The fraction of sp³-hybridized carbons (Fsp3) is 0.895. The molecule has 2 N–H and O–H groups in total. The number of phosphoric ester groups is 1. The van der Waals surface area contributed by atoms with Crippen molar-refractivity contribution in [1.29, 1.82) is 0 Å². The lowest BCUT2D eigenvalue weighted by Gasteiger charge is -2.18. The highest BCUT2D eigenvalue weighted by Gasteiger charge is 2.22. The van der Waals surface area contributed by atoms with Crippen LogP contribution in [0.25, 0.3) is 0 Å². The Bertz CT molecular complexity index is 463. The molecule has 0 aromatic carbocycles. The molecular weight excluding hydrogens is 387 g/mol. The molecule has 0 aromatic heterocycles. The van der Waals surface area contributed by atoms with Crippen LogP contribution in [0.15, 0.2) is 0 Å². The summed E-state index contributed by atoms with van der Waals surface area (Å²) >= 11 is 0. The van der Waals surface area contributed by atoms with Crippen LogP contribution in [0.5, 0.6) is 0 Å². The Balaban J connectivity index is 4.25. The van der Waals surface area contributed by atoms with Gasteiger partial charge in [0.1, 0.15) is 6.61 Å². The van der Waals surface area contributed by atoms with Crippen molar-refractivity contribution in [3.8, 4) is 0 Å². The third-order valence-electron chi connectivity index (χ3n) is 4.13. The Labute approximate surface area is 168 Å². The van der Waals surface area contributed by atoms with E-state index in [2.05, 4.69) is 18.4 Å². The van der Waals surface area contributed by atoms with E-state index in [0.29, 0.717) is 12.8 Å². The number of hydrogen-bond acceptors (Lipinski definition) is 6. The molecule has 0 unspecified atom stereocenters. The second-order valence-corrected chi connectivity index (χ2v) is 8.15. The van der Waals surface area contributed by atoms with E-state index in [1.165, 1.54) is 6.42 Å². The monoisotopic (exact) mass is 424 g/mol. The van der Waals surface area contributed by atoms with Crippen LogP contribution in [-0.4, -0.2) is 41.0 Å². The molecule has 1 atom stereocenters. The first-order chi connectivity index (χ1) is 13.3. The number of carbonyl (C=O) groups is 2. The van der Waals surface area contributed by atoms with Crippen molar-refractivity contribution in [1.82, 2.24) is 0 Å². The number of unbranched alkanes of at least 4 members (excludes halogenated alkanes) is 8. The summed E-state index contributed by atoms with van der Waals surface area (Å²) in [4.78, 5) is 41.3. The SMILES string of the molecule is CCCCCCCCC(=O)O[C@@H](COC(=O)CCCCCC)COP(=O)(O)O. The zero-order valence-corrected chi connectivity index (χ0v) is 18.2. The molecule has 28 heavy (non-hydrogen) atoms. The van der Waals surface area contributed by atoms with E-state index in [1.54, 1.807) is 0 Å². The first kappa shape index (κ1) is 27.0. The number of rotatable bonds is 18. The normalized spacial score (nSPS) is 12.6. The van der Waals surface area contributed by atoms with Crippen LogP contribution in [-0.2, 0) is 28.2 Å². The van der Waals surface area contributed by atoms with Crippen LogP contribution in [0, 0.1) is 0 Å². The minimum atomic E-state index is -4.70. The zero-order chi connectivity index (χ0) is 21.3. The van der Waals surface area contributed by atoms with E-state index in [0.717, 1.165) is 44.9 Å². The first-order valence-electron chi connectivity index (χ1n) is 10.3. The summed E-state index contributed by atoms with van der Waals surface area (Å²) in [5.41, 5.74) is 0. The molecule has 0 bridgehead atoms. The number of carbonyl (C=O) groups excluding carboxylic acids is 2. The summed E-state index contributed by atoms with van der Waals surface area (Å²) in [6.07, 6.45) is 9.32. The molecule has 0 aliphatic rings. The molecular formula is C19H37O8P. The summed E-state index contributed by atoms with van der Waals surface area (Å²) in [6.45, 7) is 3.39. The molecule has 0 rings (SSSR count). The van der Waals surface area contributed by atoms with Gasteiger partial charge in [0.25, 0.3) is 0 Å². The zero-order valence-electron chi connectivity index (χ0n) is 17.3. The summed E-state index contributed by atoms with van der Waals surface area (Å²) in [5, 5.41) is 0. The van der Waals surface area contributed by atoms with Gasteiger partial charge in [-0.05, 0) is 12.8 Å². The number of ether oxygens (including phenoxy) is 2. The van der Waals surface area contributed by atoms with Crippen molar-refractivity contribution in [2.75, 3.05) is 13.2 Å². The molecule has 0 amide bonds. The Hall–Kier alpha value is -0.950. The third-order valence-corrected chi connectivity index (χ3v) is 4.61. The van der Waals surface area contributed by atoms with Crippen LogP contribution < -0.4 is 0 Å². The van der Waals surface area contributed by atoms with E-state index in [-0.39, 0.29) is 19.4 Å². The first-order valence-corrected chi connectivity index (χ1v) is 11.9. The van der Waals surface area contributed by atoms with Crippen molar-refractivity contribution in [3.63, 3.8) is 0 Å². The average molecular weight is 424 g/mol. The van der Waals surface area contributed by atoms with Gasteiger partial charge in [0.05, 0.1) is 6.61 Å². The van der Waals surface area contributed by atoms with Crippen LogP contribution in [0.2, 0.25) is 0 Å². The lowest BCUT2D eigenvalue weighted by Crippen LogP contribution is -2.29. The average Bonchev–Trinajstić information content (AvgIpc) is 2.63. The third kappa shape index (κ3) is 18.4. The molecule has 0 aliphatic heterocycles. The van der Waals surface area contributed by atoms with Gasteiger partial charge in [0.15, 0.2) is 6.10 Å². The van der Waals surface area contributed by atoms with Gasteiger partial charge >= 0.3 is 19.8 Å². The smallest absolute Gasteiger partial charge is 0.462 e. The van der Waals surface area contributed by atoms with Crippen molar-refractivity contribution >= 4 is 19.8 Å². The van der Waals surface area contributed by atoms with E-state index in [4.69, 9.17) is 19.3 Å². The molecule has 0 aromatic rings. The van der Waals surface area contributed by atoms with Crippen LogP contribution in [0.1, 0.15) is 90.9 Å².